The average molecular weight is 321 g/mol. The largest absolute Gasteiger partial charge is 0.396 e. The van der Waals surface area contributed by atoms with Gasteiger partial charge in [-0.3, -0.25) is 4.79 Å². The maximum atomic E-state index is 11.7. The molecule has 0 bridgehead atoms. The zero-order chi connectivity index (χ0) is 16.8. The van der Waals surface area contributed by atoms with Crippen molar-refractivity contribution in [1.82, 2.24) is 15.3 Å². The van der Waals surface area contributed by atoms with Crippen LogP contribution in [0, 0.1) is 17.8 Å². The van der Waals surface area contributed by atoms with Crippen molar-refractivity contribution in [2.75, 3.05) is 6.61 Å². The molecule has 0 radical (unpaired) electrons. The number of aliphatic hydroxyl groups excluding tert-OH is 1. The molecule has 1 saturated carbocycles. The average Bonchev–Trinajstić information content (AvgIpc) is 3.19. The normalized spacial score (nSPS) is 25.7. The molecule has 0 aromatic carbocycles. The van der Waals surface area contributed by atoms with Gasteiger partial charge in [-0.15, -0.1) is 0 Å². The fourth-order valence-electron chi connectivity index (χ4n) is 4.15. The zero-order valence-corrected chi connectivity index (χ0v) is 14.6. The van der Waals surface area contributed by atoms with Gasteiger partial charge in [-0.05, 0) is 37.0 Å². The molecule has 1 aromatic rings. The quantitative estimate of drug-likeness (QED) is 0.689. The minimum Gasteiger partial charge on any atom is -0.396 e. The Balaban J connectivity index is 2.20. The zero-order valence-electron chi connectivity index (χ0n) is 14.6. The highest BCUT2D eigenvalue weighted by Crippen LogP contribution is 2.45. The summed E-state index contributed by atoms with van der Waals surface area (Å²) in [6.07, 6.45) is 8.80. The molecule has 0 aliphatic heterocycles. The highest BCUT2D eigenvalue weighted by molar-refractivity contribution is 5.73. The minimum absolute atomic E-state index is 0.0339. The van der Waals surface area contributed by atoms with E-state index in [1.807, 2.05) is 6.20 Å². The van der Waals surface area contributed by atoms with Crippen molar-refractivity contribution >= 4 is 5.91 Å². The van der Waals surface area contributed by atoms with Crippen LogP contribution in [0.25, 0.3) is 0 Å². The molecule has 0 spiro atoms. The number of rotatable bonds is 8. The molecule has 1 aliphatic carbocycles. The third kappa shape index (κ3) is 4.56. The first-order valence-electron chi connectivity index (χ1n) is 8.96. The van der Waals surface area contributed by atoms with Crippen LogP contribution in [0.4, 0.5) is 0 Å². The van der Waals surface area contributed by atoms with Crippen LogP contribution < -0.4 is 5.32 Å². The first-order chi connectivity index (χ1) is 11.1. The van der Waals surface area contributed by atoms with Gasteiger partial charge in [0.15, 0.2) is 0 Å². The van der Waals surface area contributed by atoms with E-state index in [-0.39, 0.29) is 24.5 Å². The standard InChI is InChI=1S/C18H31N3O2/c1-4-13(5-2)10-17(21-12(3)23)15-8-14(11-22)9-16(15)18-19-6-7-20-18/h6-7,13-17,22H,4-5,8-11H2,1-3H3,(H,19,20)(H,21,23)/t14?,15?,16?,17-/m0/s1. The van der Waals surface area contributed by atoms with Gasteiger partial charge in [-0.2, -0.15) is 0 Å². The van der Waals surface area contributed by atoms with E-state index < -0.39 is 0 Å². The lowest BCUT2D eigenvalue weighted by Crippen LogP contribution is -2.41. The van der Waals surface area contributed by atoms with Gasteiger partial charge in [0.05, 0.1) is 0 Å². The van der Waals surface area contributed by atoms with E-state index in [1.165, 1.54) is 0 Å². The second kappa shape index (κ2) is 8.48. The topological polar surface area (TPSA) is 78.0 Å². The Morgan fingerprint density at radius 1 is 1.43 bits per heavy atom. The van der Waals surface area contributed by atoms with Crippen molar-refractivity contribution < 1.29 is 9.90 Å². The fraction of sp³-hybridized carbons (Fsp3) is 0.778. The smallest absolute Gasteiger partial charge is 0.217 e. The van der Waals surface area contributed by atoms with Crippen molar-refractivity contribution in [3.63, 3.8) is 0 Å². The molecule has 4 atom stereocenters. The van der Waals surface area contributed by atoms with E-state index >= 15 is 0 Å². The van der Waals surface area contributed by atoms with E-state index in [0.717, 1.165) is 37.9 Å². The van der Waals surface area contributed by atoms with Crippen LogP contribution in [0.3, 0.4) is 0 Å². The fourth-order valence-corrected chi connectivity index (χ4v) is 4.15. The van der Waals surface area contributed by atoms with E-state index in [4.69, 9.17) is 0 Å². The number of H-pyrrole nitrogens is 1. The van der Waals surface area contributed by atoms with Crippen LogP contribution in [-0.2, 0) is 4.79 Å². The van der Waals surface area contributed by atoms with Crippen LogP contribution in [0.5, 0.6) is 0 Å². The van der Waals surface area contributed by atoms with Crippen LogP contribution in [-0.4, -0.2) is 33.6 Å². The number of aromatic nitrogens is 2. The van der Waals surface area contributed by atoms with E-state index in [9.17, 15) is 9.90 Å². The maximum Gasteiger partial charge on any atom is 0.217 e. The lowest BCUT2D eigenvalue weighted by Gasteiger charge is -2.31. The monoisotopic (exact) mass is 321 g/mol. The van der Waals surface area contributed by atoms with Gasteiger partial charge in [-0.1, -0.05) is 26.7 Å². The number of nitrogens with zero attached hydrogens (tertiary/aromatic N) is 1. The lowest BCUT2D eigenvalue weighted by atomic mass is 9.82. The van der Waals surface area contributed by atoms with Crippen LogP contribution in [0.2, 0.25) is 0 Å². The number of amides is 1. The molecule has 1 heterocycles. The molecule has 1 amide bonds. The highest BCUT2D eigenvalue weighted by atomic mass is 16.3. The van der Waals surface area contributed by atoms with Crippen LogP contribution in [0.1, 0.15) is 64.6 Å². The summed E-state index contributed by atoms with van der Waals surface area (Å²) < 4.78 is 0. The van der Waals surface area contributed by atoms with Gasteiger partial charge in [-0.25, -0.2) is 4.98 Å². The first kappa shape index (κ1) is 18.0. The molecule has 23 heavy (non-hydrogen) atoms. The second-order valence-corrected chi connectivity index (χ2v) is 6.99. The molecule has 3 unspecified atom stereocenters. The highest BCUT2D eigenvalue weighted by Gasteiger charge is 2.41. The molecule has 1 aliphatic rings. The Labute approximate surface area is 139 Å². The van der Waals surface area contributed by atoms with Crippen molar-refractivity contribution in [1.29, 1.82) is 0 Å². The predicted octanol–water partition coefficient (Wildman–Crippen LogP) is 2.84. The summed E-state index contributed by atoms with van der Waals surface area (Å²) in [4.78, 5) is 19.4. The van der Waals surface area contributed by atoms with Crippen molar-refractivity contribution in [2.45, 2.75) is 64.8 Å². The summed E-state index contributed by atoms with van der Waals surface area (Å²) in [6, 6.07) is 0.157. The number of aliphatic hydroxyl groups is 1. The van der Waals surface area contributed by atoms with Gasteiger partial charge in [0, 0.05) is 37.9 Å². The number of nitrogens with one attached hydrogen (secondary N) is 2. The third-order valence-corrected chi connectivity index (χ3v) is 5.49. The number of hydrogen-bond donors (Lipinski definition) is 3. The molecule has 5 heteroatoms. The molecular weight excluding hydrogens is 290 g/mol. The van der Waals surface area contributed by atoms with Crippen LogP contribution in [0.15, 0.2) is 12.4 Å². The molecule has 0 saturated heterocycles. The Kier molecular flexibility index (Phi) is 6.63. The summed E-state index contributed by atoms with van der Waals surface area (Å²) in [5.74, 6) is 2.57. The summed E-state index contributed by atoms with van der Waals surface area (Å²) >= 11 is 0. The van der Waals surface area contributed by atoms with Crippen molar-refractivity contribution in [2.24, 2.45) is 17.8 Å². The second-order valence-electron chi connectivity index (χ2n) is 6.99. The lowest BCUT2D eigenvalue weighted by molar-refractivity contribution is -0.120. The molecule has 130 valence electrons. The summed E-state index contributed by atoms with van der Waals surface area (Å²) in [6.45, 7) is 6.24. The van der Waals surface area contributed by atoms with Crippen LogP contribution >= 0.6 is 0 Å². The minimum atomic E-state index is 0.0339. The summed E-state index contributed by atoms with van der Waals surface area (Å²) in [5, 5.41) is 12.8. The Morgan fingerprint density at radius 3 is 2.70 bits per heavy atom. The molecule has 1 aromatic heterocycles. The number of imidazole rings is 1. The van der Waals surface area contributed by atoms with Crippen molar-refractivity contribution in [3.8, 4) is 0 Å². The van der Waals surface area contributed by atoms with Gasteiger partial charge in [0.1, 0.15) is 5.82 Å². The Morgan fingerprint density at radius 2 is 2.17 bits per heavy atom. The Bertz CT molecular complexity index is 471. The molecule has 3 N–H and O–H groups in total. The van der Waals surface area contributed by atoms with Gasteiger partial charge >= 0.3 is 0 Å². The number of aromatic amines is 1. The molecule has 2 rings (SSSR count). The van der Waals surface area contributed by atoms with Crippen molar-refractivity contribution in [3.05, 3.63) is 18.2 Å². The van der Waals surface area contributed by atoms with E-state index in [0.29, 0.717) is 17.8 Å². The Hall–Kier alpha value is -1.36. The van der Waals surface area contributed by atoms with Gasteiger partial charge in [0.25, 0.3) is 0 Å². The SMILES string of the molecule is CCC(CC)C[C@H](NC(C)=O)C1CC(CO)CC1c1ncc[nH]1. The van der Waals surface area contributed by atoms with Gasteiger partial charge in [0.2, 0.25) is 5.91 Å². The summed E-state index contributed by atoms with van der Waals surface area (Å²) in [7, 11) is 0. The number of carbonyl (C=O) groups excluding carboxylic acids is 1. The number of hydrogen-bond acceptors (Lipinski definition) is 3. The molecule has 5 nitrogen and oxygen atoms in total. The van der Waals surface area contributed by atoms with Gasteiger partial charge < -0.3 is 15.4 Å². The van der Waals surface area contributed by atoms with E-state index in [1.54, 1.807) is 13.1 Å². The third-order valence-electron chi connectivity index (χ3n) is 5.49. The number of carbonyl (C=O) groups is 1. The predicted molar refractivity (Wildman–Crippen MR) is 90.9 cm³/mol. The first-order valence-corrected chi connectivity index (χ1v) is 8.96. The molecular formula is C18H31N3O2. The molecule has 1 fully saturated rings. The van der Waals surface area contributed by atoms with E-state index in [2.05, 4.69) is 29.1 Å². The maximum absolute atomic E-state index is 11.7. The summed E-state index contributed by atoms with van der Waals surface area (Å²) in [5.41, 5.74) is 0.